The summed E-state index contributed by atoms with van der Waals surface area (Å²) in [5.41, 5.74) is 2.68. The van der Waals surface area contributed by atoms with Crippen molar-refractivity contribution in [1.82, 2.24) is 0 Å². The summed E-state index contributed by atoms with van der Waals surface area (Å²) in [5.74, 6) is -0.495. The molecule has 0 N–H and O–H groups in total. The zero-order valence-electron chi connectivity index (χ0n) is 10.6. The molecule has 0 aliphatic rings. The van der Waals surface area contributed by atoms with Crippen molar-refractivity contribution in [2.75, 3.05) is 0 Å². The van der Waals surface area contributed by atoms with Crippen molar-refractivity contribution in [1.29, 1.82) is 0 Å². The number of carbonyl (C=O) groups excluding carboxylic acids is 1. The average molecular weight is 277 g/mol. The molecule has 0 saturated carbocycles. The van der Waals surface area contributed by atoms with Crippen LogP contribution in [0.15, 0.2) is 42.5 Å². The maximum atomic E-state index is 12.9. The van der Waals surface area contributed by atoms with Gasteiger partial charge >= 0.3 is 0 Å². The van der Waals surface area contributed by atoms with E-state index in [1.165, 1.54) is 23.8 Å². The number of rotatable bonds is 4. The van der Waals surface area contributed by atoms with Gasteiger partial charge in [0.1, 0.15) is 5.82 Å². The molecule has 0 fully saturated rings. The first-order chi connectivity index (χ1) is 9.06. The number of benzene rings is 2. The zero-order chi connectivity index (χ0) is 13.8. The Morgan fingerprint density at radius 3 is 2.47 bits per heavy atom. The summed E-state index contributed by atoms with van der Waals surface area (Å²) in [7, 11) is 0. The average Bonchev–Trinajstić information content (AvgIpc) is 2.37. The van der Waals surface area contributed by atoms with Crippen LogP contribution in [-0.4, -0.2) is 5.78 Å². The number of hydrogen-bond donors (Lipinski definition) is 0. The third-order valence-electron chi connectivity index (χ3n) is 2.99. The SMILES string of the molecule is Cc1ccc(CCC(=O)c2ccc(F)cc2Cl)cc1. The van der Waals surface area contributed by atoms with E-state index in [1.54, 1.807) is 0 Å². The van der Waals surface area contributed by atoms with E-state index in [4.69, 9.17) is 11.6 Å². The molecule has 0 aliphatic carbocycles. The number of carbonyl (C=O) groups is 1. The van der Waals surface area contributed by atoms with Crippen molar-refractivity contribution < 1.29 is 9.18 Å². The Morgan fingerprint density at radius 1 is 1.16 bits per heavy atom. The fourth-order valence-corrected chi connectivity index (χ4v) is 2.14. The molecule has 0 unspecified atom stereocenters. The third-order valence-corrected chi connectivity index (χ3v) is 3.31. The van der Waals surface area contributed by atoms with Crippen molar-refractivity contribution in [2.45, 2.75) is 19.8 Å². The van der Waals surface area contributed by atoms with Crippen LogP contribution in [0.1, 0.15) is 27.9 Å². The van der Waals surface area contributed by atoms with Crippen LogP contribution in [0.2, 0.25) is 5.02 Å². The summed E-state index contributed by atoms with van der Waals surface area (Å²) in [6.07, 6.45) is 1.03. The zero-order valence-corrected chi connectivity index (χ0v) is 11.4. The van der Waals surface area contributed by atoms with Crippen LogP contribution in [0.5, 0.6) is 0 Å². The minimum absolute atomic E-state index is 0.0643. The predicted octanol–water partition coefficient (Wildman–Crippen LogP) is 4.60. The van der Waals surface area contributed by atoms with Crippen molar-refractivity contribution in [2.24, 2.45) is 0 Å². The van der Waals surface area contributed by atoms with Gasteiger partial charge in [-0.1, -0.05) is 41.4 Å². The van der Waals surface area contributed by atoms with Gasteiger partial charge in [0.25, 0.3) is 0 Å². The van der Waals surface area contributed by atoms with E-state index in [-0.39, 0.29) is 10.8 Å². The maximum Gasteiger partial charge on any atom is 0.164 e. The topological polar surface area (TPSA) is 17.1 Å². The lowest BCUT2D eigenvalue weighted by atomic mass is 10.0. The molecule has 3 heteroatoms. The highest BCUT2D eigenvalue weighted by atomic mass is 35.5. The second-order valence-corrected chi connectivity index (χ2v) is 4.94. The van der Waals surface area contributed by atoms with Gasteiger partial charge < -0.3 is 0 Å². The first kappa shape index (κ1) is 13.8. The summed E-state index contributed by atoms with van der Waals surface area (Å²) in [5, 5.41) is 0.175. The Kier molecular flexibility index (Phi) is 4.33. The van der Waals surface area contributed by atoms with Gasteiger partial charge in [-0.25, -0.2) is 4.39 Å². The predicted molar refractivity (Wildman–Crippen MR) is 75.2 cm³/mol. The van der Waals surface area contributed by atoms with Crippen LogP contribution in [-0.2, 0) is 6.42 Å². The molecule has 98 valence electrons. The van der Waals surface area contributed by atoms with E-state index in [0.29, 0.717) is 18.4 Å². The third kappa shape index (κ3) is 3.65. The highest BCUT2D eigenvalue weighted by molar-refractivity contribution is 6.33. The summed E-state index contributed by atoms with van der Waals surface area (Å²) >= 11 is 5.87. The normalized spacial score (nSPS) is 10.5. The standard InChI is InChI=1S/C16H14ClFO/c1-11-2-4-12(5-3-11)6-9-16(19)14-8-7-13(18)10-15(14)17/h2-5,7-8,10H,6,9H2,1H3. The Morgan fingerprint density at radius 2 is 1.84 bits per heavy atom. The van der Waals surface area contributed by atoms with Crippen molar-refractivity contribution >= 4 is 17.4 Å². The lowest BCUT2D eigenvalue weighted by molar-refractivity contribution is 0.0983. The molecule has 0 radical (unpaired) electrons. The van der Waals surface area contributed by atoms with Crippen LogP contribution >= 0.6 is 11.6 Å². The van der Waals surface area contributed by atoms with Crippen molar-refractivity contribution in [3.63, 3.8) is 0 Å². The second kappa shape index (κ2) is 5.98. The molecule has 0 spiro atoms. The summed E-state index contributed by atoms with van der Waals surface area (Å²) in [6.45, 7) is 2.02. The largest absolute Gasteiger partial charge is 0.294 e. The molecular formula is C16H14ClFO. The van der Waals surface area contributed by atoms with E-state index in [0.717, 1.165) is 5.56 Å². The molecule has 0 saturated heterocycles. The van der Waals surface area contributed by atoms with E-state index in [1.807, 2.05) is 31.2 Å². The van der Waals surface area contributed by atoms with Gasteiger partial charge in [0.05, 0.1) is 5.02 Å². The molecule has 0 aromatic heterocycles. The van der Waals surface area contributed by atoms with Gasteiger partial charge in [0.2, 0.25) is 0 Å². The van der Waals surface area contributed by atoms with Gasteiger partial charge in [-0.3, -0.25) is 4.79 Å². The minimum Gasteiger partial charge on any atom is -0.294 e. The van der Waals surface area contributed by atoms with E-state index >= 15 is 0 Å². The first-order valence-electron chi connectivity index (χ1n) is 6.10. The van der Waals surface area contributed by atoms with Gasteiger partial charge in [-0.2, -0.15) is 0 Å². The molecule has 0 heterocycles. The number of ketones is 1. The molecule has 0 bridgehead atoms. The Labute approximate surface area is 117 Å². The van der Waals surface area contributed by atoms with Crippen LogP contribution < -0.4 is 0 Å². The quantitative estimate of drug-likeness (QED) is 0.746. The maximum absolute atomic E-state index is 12.9. The fourth-order valence-electron chi connectivity index (χ4n) is 1.86. The van der Waals surface area contributed by atoms with Gasteiger partial charge in [0, 0.05) is 12.0 Å². The number of hydrogen-bond acceptors (Lipinski definition) is 1. The molecule has 0 aliphatic heterocycles. The Balaban J connectivity index is 2.03. The van der Waals surface area contributed by atoms with E-state index in [9.17, 15) is 9.18 Å². The van der Waals surface area contributed by atoms with Gasteiger partial charge in [-0.05, 0) is 37.1 Å². The summed E-state index contributed by atoms with van der Waals surface area (Å²) in [6, 6.07) is 11.9. The monoisotopic (exact) mass is 276 g/mol. The van der Waals surface area contributed by atoms with Crippen molar-refractivity contribution in [3.05, 3.63) is 70.0 Å². The summed E-state index contributed by atoms with van der Waals surface area (Å²) < 4.78 is 12.9. The Bertz CT molecular complexity index is 590. The van der Waals surface area contributed by atoms with Crippen LogP contribution in [0.3, 0.4) is 0 Å². The second-order valence-electron chi connectivity index (χ2n) is 4.53. The first-order valence-corrected chi connectivity index (χ1v) is 6.48. The van der Waals surface area contributed by atoms with Crippen LogP contribution in [0.25, 0.3) is 0 Å². The van der Waals surface area contributed by atoms with Crippen LogP contribution in [0, 0.1) is 12.7 Å². The van der Waals surface area contributed by atoms with Gasteiger partial charge in [-0.15, -0.1) is 0 Å². The molecule has 2 aromatic rings. The molecule has 19 heavy (non-hydrogen) atoms. The lowest BCUT2D eigenvalue weighted by Gasteiger charge is -2.04. The highest BCUT2D eigenvalue weighted by Gasteiger charge is 2.11. The summed E-state index contributed by atoms with van der Waals surface area (Å²) in [4.78, 5) is 12.0. The number of Topliss-reactive ketones (excluding diaryl/α,β-unsaturated/α-hetero) is 1. The van der Waals surface area contributed by atoms with Crippen molar-refractivity contribution in [3.8, 4) is 0 Å². The smallest absolute Gasteiger partial charge is 0.164 e. The molecule has 1 nitrogen and oxygen atoms in total. The lowest BCUT2D eigenvalue weighted by Crippen LogP contribution is -2.02. The fraction of sp³-hybridized carbons (Fsp3) is 0.188. The van der Waals surface area contributed by atoms with E-state index in [2.05, 4.69) is 0 Å². The number of aryl methyl sites for hydroxylation is 2. The molecular weight excluding hydrogens is 263 g/mol. The minimum atomic E-state index is -0.430. The molecule has 0 atom stereocenters. The molecule has 2 aromatic carbocycles. The Hall–Kier alpha value is -1.67. The highest BCUT2D eigenvalue weighted by Crippen LogP contribution is 2.19. The van der Waals surface area contributed by atoms with E-state index < -0.39 is 5.82 Å². The molecule has 0 amide bonds. The van der Waals surface area contributed by atoms with Crippen LogP contribution in [0.4, 0.5) is 4.39 Å². The van der Waals surface area contributed by atoms with Gasteiger partial charge in [0.15, 0.2) is 5.78 Å². The molecule has 2 rings (SSSR count). The number of halogens is 2.